The van der Waals surface area contributed by atoms with E-state index in [4.69, 9.17) is 10.5 Å². The molecule has 5 heteroatoms. The quantitative estimate of drug-likeness (QED) is 0.373. The summed E-state index contributed by atoms with van der Waals surface area (Å²) in [7, 11) is 1.72. The van der Waals surface area contributed by atoms with Crippen LogP contribution in [0.1, 0.15) is 86.8 Å². The van der Waals surface area contributed by atoms with Crippen LogP contribution in [0.5, 0.6) is 5.75 Å². The zero-order valence-corrected chi connectivity index (χ0v) is 22.5. The SMILES string of the molecule is COc1ccc2c(c1)c(C(CC(=O)NC1CCC(N)CC1)c1cccc(C)c1)cn2CC1CCCCC1. The monoisotopic (exact) mass is 501 g/mol. The van der Waals surface area contributed by atoms with Gasteiger partial charge in [0.25, 0.3) is 0 Å². The molecule has 1 amide bonds. The number of amides is 1. The summed E-state index contributed by atoms with van der Waals surface area (Å²) in [6.07, 6.45) is 13.3. The van der Waals surface area contributed by atoms with Gasteiger partial charge in [0, 0.05) is 48.1 Å². The zero-order chi connectivity index (χ0) is 25.8. The van der Waals surface area contributed by atoms with E-state index < -0.39 is 0 Å². The third-order valence-electron chi connectivity index (χ3n) is 8.65. The number of hydrogen-bond acceptors (Lipinski definition) is 3. The molecule has 2 fully saturated rings. The highest BCUT2D eigenvalue weighted by Crippen LogP contribution is 2.38. The Kier molecular flexibility index (Phi) is 8.19. The van der Waals surface area contributed by atoms with Crippen LogP contribution in [0.15, 0.2) is 48.7 Å². The molecule has 2 aromatic carbocycles. The summed E-state index contributed by atoms with van der Waals surface area (Å²) in [5.41, 5.74) is 11.0. The summed E-state index contributed by atoms with van der Waals surface area (Å²) in [5.74, 6) is 1.68. The molecule has 0 bridgehead atoms. The first-order valence-electron chi connectivity index (χ1n) is 14.3. The van der Waals surface area contributed by atoms with E-state index in [-0.39, 0.29) is 23.9 Å². The van der Waals surface area contributed by atoms with Gasteiger partial charge >= 0.3 is 0 Å². The summed E-state index contributed by atoms with van der Waals surface area (Å²) < 4.78 is 8.08. The topological polar surface area (TPSA) is 69.3 Å². The van der Waals surface area contributed by atoms with E-state index in [1.54, 1.807) is 7.11 Å². The molecule has 0 spiro atoms. The second-order valence-electron chi connectivity index (χ2n) is 11.5. The number of nitrogens with one attached hydrogen (secondary N) is 1. The molecule has 198 valence electrons. The number of benzene rings is 2. The Bertz CT molecular complexity index is 1200. The fourth-order valence-electron chi connectivity index (χ4n) is 6.54. The van der Waals surface area contributed by atoms with Crippen molar-refractivity contribution in [3.8, 4) is 5.75 Å². The van der Waals surface area contributed by atoms with E-state index in [2.05, 4.69) is 65.5 Å². The molecule has 37 heavy (non-hydrogen) atoms. The Hall–Kier alpha value is -2.79. The van der Waals surface area contributed by atoms with Gasteiger partial charge in [-0.05, 0) is 80.7 Å². The van der Waals surface area contributed by atoms with Crippen LogP contribution in [0.25, 0.3) is 10.9 Å². The molecule has 0 aliphatic heterocycles. The van der Waals surface area contributed by atoms with Gasteiger partial charge in [-0.2, -0.15) is 0 Å². The molecule has 0 saturated heterocycles. The zero-order valence-electron chi connectivity index (χ0n) is 22.5. The van der Waals surface area contributed by atoms with Crippen LogP contribution in [0.2, 0.25) is 0 Å². The van der Waals surface area contributed by atoms with Crippen molar-refractivity contribution in [2.75, 3.05) is 7.11 Å². The molecule has 1 aromatic heterocycles. The first-order chi connectivity index (χ1) is 18.0. The molecule has 3 aromatic rings. The third kappa shape index (κ3) is 6.20. The van der Waals surface area contributed by atoms with Crippen molar-refractivity contribution in [2.24, 2.45) is 11.7 Å². The molecular weight excluding hydrogens is 458 g/mol. The largest absolute Gasteiger partial charge is 0.497 e. The Morgan fingerprint density at radius 3 is 2.57 bits per heavy atom. The number of carbonyl (C=O) groups is 1. The van der Waals surface area contributed by atoms with Gasteiger partial charge in [0.15, 0.2) is 0 Å². The molecule has 2 aliphatic carbocycles. The van der Waals surface area contributed by atoms with Gasteiger partial charge in [-0.3, -0.25) is 4.79 Å². The second-order valence-corrected chi connectivity index (χ2v) is 11.5. The van der Waals surface area contributed by atoms with E-state index in [9.17, 15) is 4.79 Å². The third-order valence-corrected chi connectivity index (χ3v) is 8.65. The van der Waals surface area contributed by atoms with Gasteiger partial charge < -0.3 is 20.4 Å². The molecule has 2 saturated carbocycles. The van der Waals surface area contributed by atoms with Crippen molar-refractivity contribution in [2.45, 2.75) is 95.7 Å². The number of nitrogens with zero attached hydrogens (tertiary/aromatic N) is 1. The molecule has 5 nitrogen and oxygen atoms in total. The predicted octanol–water partition coefficient (Wildman–Crippen LogP) is 6.45. The summed E-state index contributed by atoms with van der Waals surface area (Å²) >= 11 is 0. The Morgan fingerprint density at radius 1 is 1.05 bits per heavy atom. The number of nitrogens with two attached hydrogens (primary N) is 1. The lowest BCUT2D eigenvalue weighted by atomic mass is 9.86. The molecule has 0 radical (unpaired) electrons. The summed E-state index contributed by atoms with van der Waals surface area (Å²) in [6, 6.07) is 15.6. The smallest absolute Gasteiger partial charge is 0.221 e. The van der Waals surface area contributed by atoms with Crippen molar-refractivity contribution in [3.05, 3.63) is 65.4 Å². The molecule has 1 heterocycles. The minimum absolute atomic E-state index is 0.0204. The maximum Gasteiger partial charge on any atom is 0.221 e. The molecular formula is C32H43N3O2. The van der Waals surface area contributed by atoms with E-state index in [1.807, 2.05) is 0 Å². The van der Waals surface area contributed by atoms with Crippen LogP contribution in [0, 0.1) is 12.8 Å². The van der Waals surface area contributed by atoms with Crippen LogP contribution in [0.4, 0.5) is 0 Å². The molecule has 2 aliphatic rings. The molecule has 3 N–H and O–H groups in total. The highest BCUT2D eigenvalue weighted by Gasteiger charge is 2.26. The number of carbonyl (C=O) groups excluding carboxylic acids is 1. The minimum Gasteiger partial charge on any atom is -0.497 e. The van der Waals surface area contributed by atoms with Gasteiger partial charge in [0.1, 0.15) is 5.75 Å². The number of aromatic nitrogens is 1. The van der Waals surface area contributed by atoms with Gasteiger partial charge in [0.05, 0.1) is 7.11 Å². The number of fused-ring (bicyclic) bond motifs is 1. The lowest BCUT2D eigenvalue weighted by Crippen LogP contribution is -2.40. The van der Waals surface area contributed by atoms with Crippen LogP contribution in [-0.2, 0) is 11.3 Å². The Labute approximate surface area is 221 Å². The van der Waals surface area contributed by atoms with Crippen LogP contribution in [0.3, 0.4) is 0 Å². The van der Waals surface area contributed by atoms with Crippen LogP contribution in [-0.4, -0.2) is 29.7 Å². The summed E-state index contributed by atoms with van der Waals surface area (Å²) in [4.78, 5) is 13.4. The van der Waals surface area contributed by atoms with Crippen molar-refractivity contribution in [3.63, 3.8) is 0 Å². The predicted molar refractivity (Wildman–Crippen MR) is 151 cm³/mol. The first-order valence-corrected chi connectivity index (χ1v) is 14.3. The number of methoxy groups -OCH3 is 1. The van der Waals surface area contributed by atoms with E-state index in [0.29, 0.717) is 6.42 Å². The van der Waals surface area contributed by atoms with E-state index >= 15 is 0 Å². The Morgan fingerprint density at radius 2 is 1.84 bits per heavy atom. The van der Waals surface area contributed by atoms with Gasteiger partial charge in [-0.15, -0.1) is 0 Å². The molecule has 1 atom stereocenters. The van der Waals surface area contributed by atoms with E-state index in [1.165, 1.54) is 59.7 Å². The second kappa shape index (κ2) is 11.7. The highest BCUT2D eigenvalue weighted by molar-refractivity contribution is 5.88. The molecule has 5 rings (SSSR count). The normalized spacial score (nSPS) is 21.6. The minimum atomic E-state index is -0.0204. The number of aryl methyl sites for hydroxylation is 1. The lowest BCUT2D eigenvalue weighted by molar-refractivity contribution is -0.122. The highest BCUT2D eigenvalue weighted by atomic mass is 16.5. The molecule has 1 unspecified atom stereocenters. The van der Waals surface area contributed by atoms with Crippen LogP contribution < -0.4 is 15.8 Å². The average Bonchev–Trinajstić information content (AvgIpc) is 3.26. The van der Waals surface area contributed by atoms with Crippen molar-refractivity contribution in [1.29, 1.82) is 0 Å². The maximum atomic E-state index is 13.4. The number of rotatable bonds is 8. The average molecular weight is 502 g/mol. The van der Waals surface area contributed by atoms with E-state index in [0.717, 1.165) is 43.9 Å². The van der Waals surface area contributed by atoms with Gasteiger partial charge in [-0.25, -0.2) is 0 Å². The number of hydrogen-bond donors (Lipinski definition) is 2. The maximum absolute atomic E-state index is 13.4. The fourth-order valence-corrected chi connectivity index (χ4v) is 6.54. The van der Waals surface area contributed by atoms with Crippen molar-refractivity contribution < 1.29 is 9.53 Å². The van der Waals surface area contributed by atoms with Gasteiger partial charge in [-0.1, -0.05) is 49.1 Å². The van der Waals surface area contributed by atoms with Crippen LogP contribution >= 0.6 is 0 Å². The number of ether oxygens (including phenoxy) is 1. The first kappa shape index (κ1) is 25.8. The fraction of sp³-hybridized carbons (Fsp3) is 0.531. The standard InChI is InChI=1S/C32H43N3O2/c1-22-7-6-10-24(17-22)28(19-32(36)34-26-13-11-25(33)12-14-26)30-21-35(20-23-8-4-3-5-9-23)31-16-15-27(37-2)18-29(30)31/h6-7,10,15-18,21,23,25-26,28H,3-5,8-9,11-14,19-20,33H2,1-2H3,(H,34,36). The van der Waals surface area contributed by atoms with Gasteiger partial charge in [0.2, 0.25) is 5.91 Å². The van der Waals surface area contributed by atoms with Crippen molar-refractivity contribution in [1.82, 2.24) is 9.88 Å². The Balaban J connectivity index is 1.50. The van der Waals surface area contributed by atoms with Crippen molar-refractivity contribution >= 4 is 16.8 Å². The lowest BCUT2D eigenvalue weighted by Gasteiger charge is -2.27. The summed E-state index contributed by atoms with van der Waals surface area (Å²) in [5, 5.41) is 4.53. The summed E-state index contributed by atoms with van der Waals surface area (Å²) in [6.45, 7) is 3.17.